The molecule has 1 aliphatic heterocycles. The van der Waals surface area contributed by atoms with Gasteiger partial charge in [0.1, 0.15) is 0 Å². The first-order valence-corrected chi connectivity index (χ1v) is 8.03. The van der Waals surface area contributed by atoms with Crippen LogP contribution in [-0.4, -0.2) is 39.6 Å². The second-order valence-electron chi connectivity index (χ2n) is 5.47. The molecule has 1 saturated heterocycles. The molecule has 0 saturated carbocycles. The molecule has 1 fully saturated rings. The summed E-state index contributed by atoms with van der Waals surface area (Å²) in [5, 5.41) is 7.01. The average molecular weight is 318 g/mol. The Bertz CT molecular complexity index is 706. The van der Waals surface area contributed by atoms with E-state index in [0.29, 0.717) is 12.4 Å². The van der Waals surface area contributed by atoms with E-state index in [-0.39, 0.29) is 17.9 Å². The number of hydrogen-bond acceptors (Lipinski definition) is 4. The molecule has 2 amide bonds. The van der Waals surface area contributed by atoms with Crippen molar-refractivity contribution in [2.24, 2.45) is 0 Å². The quantitative estimate of drug-likeness (QED) is 0.944. The van der Waals surface area contributed by atoms with Crippen molar-refractivity contribution >= 4 is 29.0 Å². The zero-order valence-electron chi connectivity index (χ0n) is 12.6. The monoisotopic (exact) mass is 318 g/mol. The van der Waals surface area contributed by atoms with Crippen LogP contribution in [0, 0.1) is 6.92 Å². The Morgan fingerprint density at radius 1 is 1.36 bits per heavy atom. The molecule has 0 spiro atoms. The summed E-state index contributed by atoms with van der Waals surface area (Å²) in [6, 6.07) is 5.79. The molecule has 2 aromatic heterocycles. The van der Waals surface area contributed by atoms with Crippen molar-refractivity contribution in [3.05, 3.63) is 34.2 Å². The van der Waals surface area contributed by atoms with Crippen LogP contribution in [0.5, 0.6) is 0 Å². The number of aromatic nitrogens is 2. The fourth-order valence-corrected chi connectivity index (χ4v) is 3.47. The minimum absolute atomic E-state index is 0.0924. The molecule has 1 aliphatic rings. The lowest BCUT2D eigenvalue weighted by atomic mass is 10.3. The van der Waals surface area contributed by atoms with Gasteiger partial charge >= 0.3 is 0 Å². The summed E-state index contributed by atoms with van der Waals surface area (Å²) in [6.45, 7) is 4.84. The standard InChI is InChI=1S/C15H18N4O2S/c1-10-3-4-13(22-10)15(21)18-7-5-12(9-18)19-8-6-14(17-19)16-11(2)20/h3-4,6,8,12H,5,7,9H2,1-2H3,(H,16,17,20). The number of thiophene rings is 1. The van der Waals surface area contributed by atoms with Gasteiger partial charge in [0.15, 0.2) is 5.82 Å². The molecule has 6 nitrogen and oxygen atoms in total. The van der Waals surface area contributed by atoms with Crippen LogP contribution in [0.3, 0.4) is 0 Å². The summed E-state index contributed by atoms with van der Waals surface area (Å²) < 4.78 is 1.83. The van der Waals surface area contributed by atoms with E-state index in [2.05, 4.69) is 10.4 Å². The lowest BCUT2D eigenvalue weighted by Gasteiger charge is -2.15. The highest BCUT2D eigenvalue weighted by atomic mass is 32.1. The molecule has 0 aliphatic carbocycles. The van der Waals surface area contributed by atoms with Crippen molar-refractivity contribution in [1.82, 2.24) is 14.7 Å². The van der Waals surface area contributed by atoms with E-state index in [1.54, 1.807) is 6.07 Å². The van der Waals surface area contributed by atoms with Crippen molar-refractivity contribution in [1.29, 1.82) is 0 Å². The Kier molecular flexibility index (Phi) is 3.98. The summed E-state index contributed by atoms with van der Waals surface area (Å²) in [5.74, 6) is 0.502. The molecule has 7 heteroatoms. The van der Waals surface area contributed by atoms with Gasteiger partial charge in [-0.05, 0) is 25.5 Å². The van der Waals surface area contributed by atoms with Crippen molar-refractivity contribution in [2.45, 2.75) is 26.3 Å². The van der Waals surface area contributed by atoms with Gasteiger partial charge in [0.25, 0.3) is 5.91 Å². The van der Waals surface area contributed by atoms with E-state index < -0.39 is 0 Å². The minimum Gasteiger partial charge on any atom is -0.336 e. The fraction of sp³-hybridized carbons (Fsp3) is 0.400. The first kappa shape index (κ1) is 14.8. The highest BCUT2D eigenvalue weighted by Gasteiger charge is 2.29. The Labute approximate surface area is 132 Å². The number of nitrogens with one attached hydrogen (secondary N) is 1. The second kappa shape index (κ2) is 5.92. The number of rotatable bonds is 3. The predicted molar refractivity (Wildman–Crippen MR) is 85.1 cm³/mol. The van der Waals surface area contributed by atoms with Gasteiger partial charge in [-0.3, -0.25) is 14.3 Å². The molecular formula is C15H18N4O2S. The van der Waals surface area contributed by atoms with E-state index in [9.17, 15) is 9.59 Å². The summed E-state index contributed by atoms with van der Waals surface area (Å²) in [6.07, 6.45) is 2.72. The largest absolute Gasteiger partial charge is 0.336 e. The number of nitrogens with zero attached hydrogens (tertiary/aromatic N) is 3. The van der Waals surface area contributed by atoms with E-state index in [4.69, 9.17) is 0 Å². The van der Waals surface area contributed by atoms with Crippen molar-refractivity contribution in [2.75, 3.05) is 18.4 Å². The molecule has 116 valence electrons. The Balaban J connectivity index is 1.65. The van der Waals surface area contributed by atoms with Crippen LogP contribution in [0.25, 0.3) is 0 Å². The van der Waals surface area contributed by atoms with E-state index in [1.165, 1.54) is 18.3 Å². The number of amides is 2. The average Bonchev–Trinajstić information content (AvgIpc) is 3.16. The highest BCUT2D eigenvalue weighted by molar-refractivity contribution is 7.13. The van der Waals surface area contributed by atoms with Crippen molar-refractivity contribution in [3.8, 4) is 0 Å². The molecule has 0 aromatic carbocycles. The summed E-state index contributed by atoms with van der Waals surface area (Å²) >= 11 is 1.53. The topological polar surface area (TPSA) is 67.2 Å². The lowest BCUT2D eigenvalue weighted by molar-refractivity contribution is -0.114. The summed E-state index contributed by atoms with van der Waals surface area (Å²) in [4.78, 5) is 27.3. The van der Waals surface area contributed by atoms with Gasteiger partial charge in [0.2, 0.25) is 5.91 Å². The van der Waals surface area contributed by atoms with Crippen LogP contribution >= 0.6 is 11.3 Å². The van der Waals surface area contributed by atoms with E-state index >= 15 is 0 Å². The maximum atomic E-state index is 12.4. The third-order valence-electron chi connectivity index (χ3n) is 3.69. The molecule has 22 heavy (non-hydrogen) atoms. The molecule has 1 atom stereocenters. The number of carbonyl (C=O) groups excluding carboxylic acids is 2. The minimum atomic E-state index is -0.137. The predicted octanol–water partition coefficient (Wildman–Crippen LogP) is 2.30. The Morgan fingerprint density at radius 3 is 2.86 bits per heavy atom. The maximum absolute atomic E-state index is 12.4. The number of aryl methyl sites for hydroxylation is 1. The smallest absolute Gasteiger partial charge is 0.264 e. The van der Waals surface area contributed by atoms with Gasteiger partial charge in [-0.1, -0.05) is 0 Å². The highest BCUT2D eigenvalue weighted by Crippen LogP contribution is 2.25. The Morgan fingerprint density at radius 2 is 2.18 bits per heavy atom. The molecule has 0 radical (unpaired) electrons. The van der Waals surface area contributed by atoms with Crippen LogP contribution in [0.4, 0.5) is 5.82 Å². The first-order chi connectivity index (χ1) is 10.5. The number of hydrogen-bond donors (Lipinski definition) is 1. The van der Waals surface area contributed by atoms with Gasteiger partial charge in [-0.25, -0.2) is 0 Å². The number of carbonyl (C=O) groups is 2. The third-order valence-corrected chi connectivity index (χ3v) is 4.68. The van der Waals surface area contributed by atoms with E-state index in [1.807, 2.05) is 34.8 Å². The number of likely N-dealkylation sites (tertiary alicyclic amines) is 1. The summed E-state index contributed by atoms with van der Waals surface area (Å²) in [5.41, 5.74) is 0. The lowest BCUT2D eigenvalue weighted by Crippen LogP contribution is -2.28. The van der Waals surface area contributed by atoms with Gasteiger partial charge in [-0.15, -0.1) is 11.3 Å². The van der Waals surface area contributed by atoms with Gasteiger partial charge < -0.3 is 10.2 Å². The zero-order valence-corrected chi connectivity index (χ0v) is 13.4. The third kappa shape index (κ3) is 3.04. The van der Waals surface area contributed by atoms with Crippen LogP contribution in [-0.2, 0) is 4.79 Å². The van der Waals surface area contributed by atoms with Crippen LogP contribution < -0.4 is 5.32 Å². The van der Waals surface area contributed by atoms with Crippen LogP contribution in [0.15, 0.2) is 24.4 Å². The molecule has 1 unspecified atom stereocenters. The SMILES string of the molecule is CC(=O)Nc1ccn(C2CCN(C(=O)c3ccc(C)s3)C2)n1. The zero-order chi connectivity index (χ0) is 15.7. The van der Waals surface area contributed by atoms with Gasteiger partial charge in [0, 0.05) is 37.2 Å². The summed E-state index contributed by atoms with van der Waals surface area (Å²) in [7, 11) is 0. The van der Waals surface area contributed by atoms with Crippen molar-refractivity contribution in [3.63, 3.8) is 0 Å². The Hall–Kier alpha value is -2.15. The van der Waals surface area contributed by atoms with Crippen LogP contribution in [0.2, 0.25) is 0 Å². The van der Waals surface area contributed by atoms with E-state index in [0.717, 1.165) is 22.7 Å². The molecule has 3 heterocycles. The van der Waals surface area contributed by atoms with Gasteiger partial charge in [-0.2, -0.15) is 5.10 Å². The van der Waals surface area contributed by atoms with Crippen LogP contribution in [0.1, 0.15) is 33.9 Å². The molecular weight excluding hydrogens is 300 g/mol. The first-order valence-electron chi connectivity index (χ1n) is 7.21. The molecule has 2 aromatic rings. The maximum Gasteiger partial charge on any atom is 0.264 e. The molecule has 1 N–H and O–H groups in total. The second-order valence-corrected chi connectivity index (χ2v) is 6.75. The molecule has 3 rings (SSSR count). The normalized spacial score (nSPS) is 17.7. The van der Waals surface area contributed by atoms with Crippen molar-refractivity contribution < 1.29 is 9.59 Å². The van der Waals surface area contributed by atoms with Gasteiger partial charge in [0.05, 0.1) is 10.9 Å². The fourth-order valence-electron chi connectivity index (χ4n) is 2.64. The molecule has 0 bridgehead atoms. The number of anilines is 1.